The molecule has 3 amide bonds. The fourth-order valence-corrected chi connectivity index (χ4v) is 6.70. The molecule has 1 unspecified atom stereocenters. The van der Waals surface area contributed by atoms with E-state index in [4.69, 9.17) is 4.74 Å². The van der Waals surface area contributed by atoms with Gasteiger partial charge in [0.15, 0.2) is 5.13 Å². The molecule has 0 saturated carbocycles. The van der Waals surface area contributed by atoms with Crippen molar-refractivity contribution in [3.05, 3.63) is 34.8 Å². The first-order chi connectivity index (χ1) is 15.8. The molecule has 3 aliphatic heterocycles. The Kier molecular flexibility index (Phi) is 5.77. The van der Waals surface area contributed by atoms with Crippen molar-refractivity contribution in [3.63, 3.8) is 0 Å². The second-order valence-electron chi connectivity index (χ2n) is 8.09. The Hall–Kier alpha value is -2.67. The molecule has 0 aliphatic carbocycles. The Morgan fingerprint density at radius 1 is 1.12 bits per heavy atom. The highest BCUT2D eigenvalue weighted by Crippen LogP contribution is 2.32. The lowest BCUT2D eigenvalue weighted by molar-refractivity contribution is -0.125. The Morgan fingerprint density at radius 2 is 1.85 bits per heavy atom. The fourth-order valence-electron chi connectivity index (χ4n) is 4.18. The zero-order valence-corrected chi connectivity index (χ0v) is 19.3. The average Bonchev–Trinajstić information content (AvgIpc) is 3.53. The predicted octanol–water partition coefficient (Wildman–Crippen LogP) is 1.66. The molecule has 5 rings (SSSR count). The lowest BCUT2D eigenvalue weighted by Gasteiger charge is -2.25. The molecule has 2 aromatic rings. The molecule has 0 spiro atoms. The van der Waals surface area contributed by atoms with Crippen LogP contribution in [-0.4, -0.2) is 54.7 Å². The molecule has 174 valence electrons. The fraction of sp³-hybridized carbons (Fsp3) is 0.429. The van der Waals surface area contributed by atoms with Crippen molar-refractivity contribution < 1.29 is 27.5 Å². The summed E-state index contributed by atoms with van der Waals surface area (Å²) < 4.78 is 33.2. The van der Waals surface area contributed by atoms with Crippen LogP contribution in [0.4, 0.5) is 10.8 Å². The highest BCUT2D eigenvalue weighted by atomic mass is 32.2. The number of imide groups is 1. The Morgan fingerprint density at radius 3 is 2.52 bits per heavy atom. The number of thiazole rings is 1. The van der Waals surface area contributed by atoms with Crippen LogP contribution in [0.25, 0.3) is 0 Å². The van der Waals surface area contributed by atoms with Crippen molar-refractivity contribution in [1.82, 2.24) is 9.29 Å². The standard InChI is InChI=1S/C21H22N4O6S2/c26-18-7-8-19(27)25(18)13-3-5-14(6-4-13)33(29,30)24-10-9-15-17(12-24)32-21(22-15)23-20(28)16-2-1-11-31-16/h3-6,16H,1-2,7-12H2,(H,22,23,28). The van der Waals surface area contributed by atoms with Crippen LogP contribution in [0.5, 0.6) is 0 Å². The van der Waals surface area contributed by atoms with E-state index in [1.54, 1.807) is 0 Å². The topological polar surface area (TPSA) is 126 Å². The molecule has 2 saturated heterocycles. The second-order valence-corrected chi connectivity index (χ2v) is 11.1. The molecule has 3 aliphatic rings. The SMILES string of the molecule is O=C(Nc1nc2c(s1)CN(S(=O)(=O)c1ccc(N3C(=O)CCC3=O)cc1)CC2)C1CCCO1. The van der Waals surface area contributed by atoms with Gasteiger partial charge in [-0.2, -0.15) is 4.31 Å². The summed E-state index contributed by atoms with van der Waals surface area (Å²) in [6.45, 7) is 1.00. The number of fused-ring (bicyclic) bond motifs is 1. The maximum Gasteiger partial charge on any atom is 0.255 e. The number of amides is 3. The van der Waals surface area contributed by atoms with E-state index in [9.17, 15) is 22.8 Å². The Balaban J connectivity index is 1.29. The van der Waals surface area contributed by atoms with Crippen molar-refractivity contribution in [2.75, 3.05) is 23.4 Å². The van der Waals surface area contributed by atoms with Crippen molar-refractivity contribution in [1.29, 1.82) is 0 Å². The van der Waals surface area contributed by atoms with Crippen molar-refractivity contribution >= 4 is 49.9 Å². The van der Waals surface area contributed by atoms with Gasteiger partial charge in [0.1, 0.15) is 6.10 Å². The van der Waals surface area contributed by atoms with E-state index >= 15 is 0 Å². The third kappa shape index (κ3) is 4.19. The zero-order chi connectivity index (χ0) is 23.2. The van der Waals surface area contributed by atoms with Gasteiger partial charge in [-0.25, -0.2) is 13.4 Å². The van der Waals surface area contributed by atoms with Gasteiger partial charge in [-0.1, -0.05) is 0 Å². The van der Waals surface area contributed by atoms with E-state index in [-0.39, 0.29) is 48.5 Å². The minimum absolute atomic E-state index is 0.0882. The predicted molar refractivity (Wildman–Crippen MR) is 119 cm³/mol. The van der Waals surface area contributed by atoms with E-state index in [1.807, 2.05) is 0 Å². The van der Waals surface area contributed by atoms with Crippen LogP contribution in [0.3, 0.4) is 0 Å². The molecule has 12 heteroatoms. The summed E-state index contributed by atoms with van der Waals surface area (Å²) in [4.78, 5) is 42.5. The first kappa shape index (κ1) is 22.1. The van der Waals surface area contributed by atoms with Gasteiger partial charge in [-0.05, 0) is 37.1 Å². The van der Waals surface area contributed by atoms with Gasteiger partial charge >= 0.3 is 0 Å². The minimum Gasteiger partial charge on any atom is -0.368 e. The van der Waals surface area contributed by atoms with Gasteiger partial charge < -0.3 is 4.74 Å². The lowest BCUT2D eigenvalue weighted by Crippen LogP contribution is -2.35. The molecule has 2 fully saturated rings. The second kappa shape index (κ2) is 8.60. The molecular weight excluding hydrogens is 468 g/mol. The van der Waals surface area contributed by atoms with Crippen LogP contribution >= 0.6 is 11.3 Å². The number of carbonyl (C=O) groups excluding carboxylic acids is 3. The Bertz CT molecular complexity index is 1200. The summed E-state index contributed by atoms with van der Waals surface area (Å²) in [6, 6.07) is 5.79. The summed E-state index contributed by atoms with van der Waals surface area (Å²) in [5.41, 5.74) is 1.16. The number of benzene rings is 1. The summed E-state index contributed by atoms with van der Waals surface area (Å²) in [6.07, 6.45) is 1.85. The van der Waals surface area contributed by atoms with E-state index in [0.717, 1.165) is 21.9 Å². The van der Waals surface area contributed by atoms with Crippen LogP contribution in [0.1, 0.15) is 36.3 Å². The van der Waals surface area contributed by atoms with Crippen LogP contribution in [0.2, 0.25) is 0 Å². The third-order valence-corrected chi connectivity index (χ3v) is 8.79. The molecular formula is C21H22N4O6S2. The van der Waals surface area contributed by atoms with E-state index in [2.05, 4.69) is 10.3 Å². The van der Waals surface area contributed by atoms with Crippen LogP contribution in [0.15, 0.2) is 29.2 Å². The number of ether oxygens (including phenoxy) is 1. The monoisotopic (exact) mass is 490 g/mol. The molecule has 10 nitrogen and oxygen atoms in total. The van der Waals surface area contributed by atoms with Gasteiger partial charge in [0.25, 0.3) is 5.91 Å². The molecule has 1 aromatic carbocycles. The summed E-state index contributed by atoms with van der Waals surface area (Å²) in [7, 11) is -3.78. The number of sulfonamides is 1. The number of carbonyl (C=O) groups is 3. The third-order valence-electron chi connectivity index (χ3n) is 5.93. The number of rotatable bonds is 5. The first-order valence-electron chi connectivity index (χ1n) is 10.7. The van der Waals surface area contributed by atoms with Gasteiger partial charge in [-0.15, -0.1) is 11.3 Å². The van der Waals surface area contributed by atoms with E-state index in [0.29, 0.717) is 30.3 Å². The highest BCUT2D eigenvalue weighted by Gasteiger charge is 2.33. The molecule has 1 atom stereocenters. The van der Waals surface area contributed by atoms with Crippen LogP contribution < -0.4 is 10.2 Å². The molecule has 0 radical (unpaired) electrons. The maximum atomic E-state index is 13.2. The summed E-state index contributed by atoms with van der Waals surface area (Å²) in [5.74, 6) is -0.795. The number of nitrogens with one attached hydrogen (secondary N) is 1. The van der Waals surface area contributed by atoms with Crippen molar-refractivity contribution in [2.45, 2.75) is 49.6 Å². The van der Waals surface area contributed by atoms with Gasteiger partial charge in [0, 0.05) is 37.3 Å². The number of nitrogens with zero attached hydrogens (tertiary/aromatic N) is 3. The van der Waals surface area contributed by atoms with Gasteiger partial charge in [0.05, 0.1) is 22.8 Å². The van der Waals surface area contributed by atoms with E-state index in [1.165, 1.54) is 39.9 Å². The molecule has 1 N–H and O–H groups in total. The largest absolute Gasteiger partial charge is 0.368 e. The Labute approximate surface area is 194 Å². The normalized spacial score (nSPS) is 21.5. The molecule has 1 aromatic heterocycles. The molecule has 33 heavy (non-hydrogen) atoms. The quantitative estimate of drug-likeness (QED) is 0.632. The number of anilines is 2. The average molecular weight is 491 g/mol. The molecule has 0 bridgehead atoms. The minimum atomic E-state index is -3.78. The van der Waals surface area contributed by atoms with Crippen LogP contribution in [-0.2, 0) is 42.1 Å². The zero-order valence-electron chi connectivity index (χ0n) is 17.7. The van der Waals surface area contributed by atoms with Gasteiger partial charge in [0.2, 0.25) is 21.8 Å². The van der Waals surface area contributed by atoms with E-state index < -0.39 is 16.1 Å². The summed E-state index contributed by atoms with van der Waals surface area (Å²) >= 11 is 1.27. The molecule has 4 heterocycles. The first-order valence-corrected chi connectivity index (χ1v) is 13.0. The van der Waals surface area contributed by atoms with Gasteiger partial charge in [-0.3, -0.25) is 24.6 Å². The summed E-state index contributed by atoms with van der Waals surface area (Å²) in [5, 5.41) is 3.23. The highest BCUT2D eigenvalue weighted by molar-refractivity contribution is 7.89. The lowest BCUT2D eigenvalue weighted by atomic mass is 10.2. The number of hydrogen-bond acceptors (Lipinski definition) is 8. The van der Waals surface area contributed by atoms with Crippen LogP contribution in [0, 0.1) is 0 Å². The van der Waals surface area contributed by atoms with Crippen molar-refractivity contribution in [2.24, 2.45) is 0 Å². The number of hydrogen-bond donors (Lipinski definition) is 1. The maximum absolute atomic E-state index is 13.2. The number of aromatic nitrogens is 1. The smallest absolute Gasteiger partial charge is 0.255 e. The van der Waals surface area contributed by atoms with Crippen molar-refractivity contribution in [3.8, 4) is 0 Å².